The Morgan fingerprint density at radius 2 is 2.04 bits per heavy atom. The monoisotopic (exact) mass is 362 g/mol. The third kappa shape index (κ3) is 2.59. The first-order valence-corrected chi connectivity index (χ1v) is 10.4. The molecule has 3 fully saturated rings. The second-order valence-corrected chi connectivity index (χ2v) is 9.91. The van der Waals surface area contributed by atoms with E-state index in [0.29, 0.717) is 17.8 Å². The van der Waals surface area contributed by atoms with Crippen LogP contribution in [0, 0.1) is 34.5 Å². The van der Waals surface area contributed by atoms with Crippen LogP contribution < -0.4 is 0 Å². The van der Waals surface area contributed by atoms with Crippen LogP contribution in [0.4, 0.5) is 0 Å². The van der Waals surface area contributed by atoms with Crippen molar-refractivity contribution in [3.63, 3.8) is 0 Å². The number of hydrogen-bond donors (Lipinski definition) is 2. The fourth-order valence-corrected chi connectivity index (χ4v) is 7.35. The number of aliphatic hydroxyl groups excluding tert-OH is 2. The number of carbonyl (C=O) groups excluding carboxylic acids is 1. The van der Waals surface area contributed by atoms with Gasteiger partial charge in [0.15, 0.2) is 0 Å². The van der Waals surface area contributed by atoms with Crippen LogP contribution in [0.3, 0.4) is 0 Å². The Kier molecular flexibility index (Phi) is 4.51. The highest BCUT2D eigenvalue weighted by Gasteiger charge is 2.62. The molecule has 0 spiro atoms. The van der Waals surface area contributed by atoms with Gasteiger partial charge in [-0.3, -0.25) is 4.79 Å². The van der Waals surface area contributed by atoms with Crippen LogP contribution in [0.25, 0.3) is 0 Å². The van der Waals surface area contributed by atoms with E-state index in [0.717, 1.165) is 44.9 Å². The Hall–Kier alpha value is -0.870. The number of hydrogen-bond acceptors (Lipinski definition) is 4. The van der Waals surface area contributed by atoms with Crippen molar-refractivity contribution in [1.29, 1.82) is 0 Å². The van der Waals surface area contributed by atoms with E-state index in [1.54, 1.807) is 0 Å². The minimum Gasteiger partial charge on any atom is -0.462 e. The van der Waals surface area contributed by atoms with Crippen molar-refractivity contribution in [3.8, 4) is 0 Å². The third-order valence-electron chi connectivity index (χ3n) is 8.68. The quantitative estimate of drug-likeness (QED) is 0.583. The number of aliphatic hydroxyl groups is 2. The highest BCUT2D eigenvalue weighted by Crippen LogP contribution is 2.66. The average Bonchev–Trinajstić information content (AvgIpc) is 2.87. The largest absolute Gasteiger partial charge is 0.462 e. The zero-order valence-electron chi connectivity index (χ0n) is 16.4. The van der Waals surface area contributed by atoms with E-state index in [9.17, 15) is 15.0 Å². The van der Waals surface area contributed by atoms with Gasteiger partial charge in [-0.15, -0.1) is 0 Å². The Bertz CT molecular complexity index is 613. The summed E-state index contributed by atoms with van der Waals surface area (Å²) in [6, 6.07) is 0. The second kappa shape index (κ2) is 6.34. The molecule has 26 heavy (non-hydrogen) atoms. The molecule has 4 aliphatic carbocycles. The molecule has 0 aromatic heterocycles. The molecule has 0 amide bonds. The van der Waals surface area contributed by atoms with Gasteiger partial charge < -0.3 is 14.9 Å². The van der Waals surface area contributed by atoms with Crippen LogP contribution in [0.15, 0.2) is 11.6 Å². The third-order valence-corrected chi connectivity index (χ3v) is 8.68. The lowest BCUT2D eigenvalue weighted by Gasteiger charge is -2.57. The predicted molar refractivity (Wildman–Crippen MR) is 99.2 cm³/mol. The summed E-state index contributed by atoms with van der Waals surface area (Å²) in [5, 5.41) is 20.1. The molecule has 0 aliphatic heterocycles. The zero-order chi connectivity index (χ0) is 18.7. The molecule has 0 heterocycles. The molecule has 3 saturated carbocycles. The topological polar surface area (TPSA) is 66.8 Å². The standard InChI is InChI=1S/C22H34O4/c1-13(24)26-20-14(12-23)10-19-17-5-4-15-11-16(25)6-8-21(15,2)18(17)7-9-22(19,20)3/h4,14,16-20,23,25H,5-12H2,1-3H3/t14-,16-,17+,18-,19-,20-,21-,22-/m0/s1. The fourth-order valence-electron chi connectivity index (χ4n) is 7.35. The Balaban J connectivity index is 1.65. The molecule has 0 bridgehead atoms. The zero-order valence-corrected chi connectivity index (χ0v) is 16.4. The minimum absolute atomic E-state index is 0.0177. The van der Waals surface area contributed by atoms with Gasteiger partial charge in [0.1, 0.15) is 6.10 Å². The molecule has 0 aromatic carbocycles. The summed E-state index contributed by atoms with van der Waals surface area (Å²) >= 11 is 0. The van der Waals surface area contributed by atoms with Crippen molar-refractivity contribution in [2.75, 3.05) is 6.61 Å². The van der Waals surface area contributed by atoms with Crippen molar-refractivity contribution >= 4 is 5.97 Å². The van der Waals surface area contributed by atoms with Crippen molar-refractivity contribution in [3.05, 3.63) is 11.6 Å². The van der Waals surface area contributed by atoms with Gasteiger partial charge in [-0.05, 0) is 68.1 Å². The van der Waals surface area contributed by atoms with Crippen molar-refractivity contribution < 1.29 is 19.7 Å². The van der Waals surface area contributed by atoms with Gasteiger partial charge in [-0.2, -0.15) is 0 Å². The molecule has 0 saturated heterocycles. The number of carbonyl (C=O) groups is 1. The Morgan fingerprint density at radius 3 is 2.73 bits per heavy atom. The lowest BCUT2D eigenvalue weighted by molar-refractivity contribution is -0.160. The van der Waals surface area contributed by atoms with Gasteiger partial charge in [0.05, 0.1) is 6.10 Å². The minimum atomic E-state index is -0.225. The molecule has 4 nitrogen and oxygen atoms in total. The van der Waals surface area contributed by atoms with Gasteiger partial charge in [0.2, 0.25) is 0 Å². The molecule has 4 heteroatoms. The highest BCUT2D eigenvalue weighted by atomic mass is 16.5. The van der Waals surface area contributed by atoms with Gasteiger partial charge in [0, 0.05) is 24.9 Å². The maximum absolute atomic E-state index is 11.7. The van der Waals surface area contributed by atoms with Crippen LogP contribution >= 0.6 is 0 Å². The Morgan fingerprint density at radius 1 is 1.27 bits per heavy atom. The fraction of sp³-hybridized carbons (Fsp3) is 0.864. The summed E-state index contributed by atoms with van der Waals surface area (Å²) in [6.07, 6.45) is 9.22. The van der Waals surface area contributed by atoms with Crippen LogP contribution in [-0.2, 0) is 9.53 Å². The Labute approximate surface area is 157 Å². The number of esters is 1. The number of allylic oxidation sites excluding steroid dienone is 1. The first kappa shape index (κ1) is 18.5. The lowest BCUT2D eigenvalue weighted by atomic mass is 9.48. The van der Waals surface area contributed by atoms with E-state index >= 15 is 0 Å². The molecule has 8 atom stereocenters. The van der Waals surface area contributed by atoms with Crippen molar-refractivity contribution in [2.24, 2.45) is 34.5 Å². The highest BCUT2D eigenvalue weighted by molar-refractivity contribution is 5.66. The van der Waals surface area contributed by atoms with Gasteiger partial charge >= 0.3 is 5.97 Å². The second-order valence-electron chi connectivity index (χ2n) is 9.91. The van der Waals surface area contributed by atoms with Crippen LogP contribution in [0.1, 0.15) is 65.7 Å². The summed E-state index contributed by atoms with van der Waals surface area (Å²) in [7, 11) is 0. The van der Waals surface area contributed by atoms with Crippen molar-refractivity contribution in [2.45, 2.75) is 77.9 Å². The van der Waals surface area contributed by atoms with Crippen molar-refractivity contribution in [1.82, 2.24) is 0 Å². The predicted octanol–water partition coefficient (Wildman–Crippen LogP) is 3.46. The smallest absolute Gasteiger partial charge is 0.302 e. The number of rotatable bonds is 2. The number of fused-ring (bicyclic) bond motifs is 5. The number of ether oxygens (including phenoxy) is 1. The molecule has 4 aliphatic rings. The summed E-state index contributed by atoms with van der Waals surface area (Å²) < 4.78 is 5.77. The van der Waals surface area contributed by atoms with Crippen LogP contribution in [0.5, 0.6) is 0 Å². The van der Waals surface area contributed by atoms with E-state index < -0.39 is 0 Å². The van der Waals surface area contributed by atoms with Crippen LogP contribution in [-0.4, -0.2) is 35.0 Å². The SMILES string of the molecule is CC(=O)O[C@H]1[C@H](CO)C[C@H]2[C@@H]3CC=C4C[C@@H](O)CC[C@]4(C)[C@H]3CC[C@@]21C. The molecule has 0 aromatic rings. The van der Waals surface area contributed by atoms with E-state index in [1.165, 1.54) is 12.5 Å². The van der Waals surface area contributed by atoms with E-state index in [-0.39, 0.29) is 41.5 Å². The molecular formula is C22H34O4. The van der Waals surface area contributed by atoms with E-state index in [1.807, 2.05) is 0 Å². The van der Waals surface area contributed by atoms with E-state index in [2.05, 4.69) is 19.9 Å². The molecule has 2 N–H and O–H groups in total. The van der Waals surface area contributed by atoms with Gasteiger partial charge in [-0.25, -0.2) is 0 Å². The summed E-state index contributed by atoms with van der Waals surface area (Å²) in [5.74, 6) is 1.61. The summed E-state index contributed by atoms with van der Waals surface area (Å²) in [4.78, 5) is 11.7. The first-order valence-electron chi connectivity index (χ1n) is 10.4. The molecular weight excluding hydrogens is 328 g/mol. The van der Waals surface area contributed by atoms with Crippen LogP contribution in [0.2, 0.25) is 0 Å². The van der Waals surface area contributed by atoms with Gasteiger partial charge in [-0.1, -0.05) is 25.5 Å². The average molecular weight is 363 g/mol. The summed E-state index contributed by atoms with van der Waals surface area (Å²) in [6.45, 7) is 6.31. The molecule has 0 unspecified atom stereocenters. The first-order chi connectivity index (χ1) is 12.3. The molecule has 146 valence electrons. The normalized spacial score (nSPS) is 50.3. The van der Waals surface area contributed by atoms with E-state index in [4.69, 9.17) is 4.74 Å². The summed E-state index contributed by atoms with van der Waals surface area (Å²) in [5.41, 5.74) is 1.68. The maximum Gasteiger partial charge on any atom is 0.302 e. The molecule has 0 radical (unpaired) electrons. The van der Waals surface area contributed by atoms with Gasteiger partial charge in [0.25, 0.3) is 0 Å². The molecule has 4 rings (SSSR count). The maximum atomic E-state index is 11.7. The lowest BCUT2D eigenvalue weighted by Crippen LogP contribution is -2.51.